The molecule has 1 aromatic heterocycles. The van der Waals surface area contributed by atoms with E-state index in [4.69, 9.17) is 10.00 Å². The van der Waals surface area contributed by atoms with Crippen LogP contribution >= 0.6 is 0 Å². The third-order valence-electron chi connectivity index (χ3n) is 2.75. The predicted molar refractivity (Wildman–Crippen MR) is 68.5 cm³/mol. The molecule has 0 saturated carbocycles. The molecule has 7 heteroatoms. The van der Waals surface area contributed by atoms with Crippen LogP contribution in [0.1, 0.15) is 17.9 Å². The van der Waals surface area contributed by atoms with Gasteiger partial charge in [-0.25, -0.2) is 4.98 Å². The van der Waals surface area contributed by atoms with Gasteiger partial charge in [0.05, 0.1) is 24.9 Å². The Morgan fingerprint density at radius 2 is 2.30 bits per heavy atom. The number of halogens is 2. The number of nitrogens with one attached hydrogen (secondary N) is 1. The number of benzene rings is 1. The number of aromatic nitrogens is 2. The Kier molecular flexibility index (Phi) is 4.15. The number of hydrogen-bond donors (Lipinski definition) is 1. The molecule has 2 rings (SSSR count). The van der Waals surface area contributed by atoms with Gasteiger partial charge < -0.3 is 10.1 Å². The highest BCUT2D eigenvalue weighted by Crippen LogP contribution is 2.28. The molecule has 20 heavy (non-hydrogen) atoms. The Morgan fingerprint density at radius 3 is 2.95 bits per heavy atom. The van der Waals surface area contributed by atoms with Crippen LogP contribution in [0.4, 0.5) is 14.5 Å². The standard InChI is InChI=1S/C13H12F2N4O/c1-20-10-4-2-3-9(7-16)12(10)18-8-11-17-5-6-19(11)13(14)15/h2-6,13,18H,8H2,1H3. The van der Waals surface area contributed by atoms with Gasteiger partial charge in [0.2, 0.25) is 0 Å². The number of alkyl halides is 2. The van der Waals surface area contributed by atoms with E-state index in [0.717, 1.165) is 4.57 Å². The van der Waals surface area contributed by atoms with Crippen molar-refractivity contribution >= 4 is 5.69 Å². The fraction of sp³-hybridized carbons (Fsp3) is 0.231. The number of nitrogens with zero attached hydrogens (tertiary/aromatic N) is 3. The highest BCUT2D eigenvalue weighted by molar-refractivity contribution is 5.66. The highest BCUT2D eigenvalue weighted by atomic mass is 19.3. The highest BCUT2D eigenvalue weighted by Gasteiger charge is 2.13. The molecule has 0 amide bonds. The van der Waals surface area contributed by atoms with Crippen molar-refractivity contribution in [2.45, 2.75) is 13.1 Å². The van der Waals surface area contributed by atoms with Crippen molar-refractivity contribution in [3.8, 4) is 11.8 Å². The molecule has 0 spiro atoms. The van der Waals surface area contributed by atoms with Crippen molar-refractivity contribution in [2.24, 2.45) is 0 Å². The molecule has 1 aromatic carbocycles. The topological polar surface area (TPSA) is 62.9 Å². The first-order chi connectivity index (χ1) is 9.67. The van der Waals surface area contributed by atoms with E-state index in [-0.39, 0.29) is 12.4 Å². The molecular formula is C13H12F2N4O. The quantitative estimate of drug-likeness (QED) is 0.913. The van der Waals surface area contributed by atoms with E-state index in [0.29, 0.717) is 17.0 Å². The van der Waals surface area contributed by atoms with Gasteiger partial charge in [0, 0.05) is 12.4 Å². The SMILES string of the molecule is COc1cccc(C#N)c1NCc1nccn1C(F)F. The van der Waals surface area contributed by atoms with Gasteiger partial charge in [-0.1, -0.05) is 6.07 Å². The monoisotopic (exact) mass is 278 g/mol. The van der Waals surface area contributed by atoms with E-state index in [1.165, 1.54) is 19.5 Å². The summed E-state index contributed by atoms with van der Waals surface area (Å²) in [5, 5.41) is 12.0. The van der Waals surface area contributed by atoms with Crippen LogP contribution in [0.15, 0.2) is 30.6 Å². The molecular weight excluding hydrogens is 266 g/mol. The van der Waals surface area contributed by atoms with Gasteiger partial charge in [0.1, 0.15) is 17.6 Å². The lowest BCUT2D eigenvalue weighted by Gasteiger charge is -2.13. The van der Waals surface area contributed by atoms with Crippen molar-refractivity contribution in [2.75, 3.05) is 12.4 Å². The van der Waals surface area contributed by atoms with Crippen LogP contribution < -0.4 is 10.1 Å². The van der Waals surface area contributed by atoms with Crippen LogP contribution in [0.2, 0.25) is 0 Å². The minimum Gasteiger partial charge on any atom is -0.495 e. The van der Waals surface area contributed by atoms with Gasteiger partial charge in [-0.2, -0.15) is 14.0 Å². The zero-order valence-electron chi connectivity index (χ0n) is 10.7. The fourth-order valence-corrected chi connectivity index (χ4v) is 1.80. The number of rotatable bonds is 5. The third kappa shape index (κ3) is 2.69. The summed E-state index contributed by atoms with van der Waals surface area (Å²) in [7, 11) is 1.47. The molecule has 0 atom stereocenters. The number of para-hydroxylation sites is 1. The second-order valence-corrected chi connectivity index (χ2v) is 3.88. The second kappa shape index (κ2) is 6.02. The number of hydrogen-bond acceptors (Lipinski definition) is 4. The van der Waals surface area contributed by atoms with Crippen LogP contribution in [0.3, 0.4) is 0 Å². The van der Waals surface area contributed by atoms with Gasteiger partial charge in [0.15, 0.2) is 0 Å². The van der Waals surface area contributed by atoms with E-state index >= 15 is 0 Å². The molecule has 5 nitrogen and oxygen atoms in total. The van der Waals surface area contributed by atoms with E-state index in [2.05, 4.69) is 10.3 Å². The summed E-state index contributed by atoms with van der Waals surface area (Å²) >= 11 is 0. The number of ether oxygens (including phenoxy) is 1. The smallest absolute Gasteiger partial charge is 0.319 e. The maximum absolute atomic E-state index is 12.7. The number of methoxy groups -OCH3 is 1. The average Bonchev–Trinajstić information content (AvgIpc) is 2.93. The van der Waals surface area contributed by atoms with Gasteiger partial charge >= 0.3 is 6.55 Å². The Labute approximate surface area is 114 Å². The maximum atomic E-state index is 12.7. The minimum atomic E-state index is -2.65. The van der Waals surface area contributed by atoms with E-state index in [1.807, 2.05) is 6.07 Å². The first-order valence-electron chi connectivity index (χ1n) is 5.78. The second-order valence-electron chi connectivity index (χ2n) is 3.88. The van der Waals surface area contributed by atoms with Crippen molar-refractivity contribution in [3.63, 3.8) is 0 Å². The Bertz CT molecular complexity index is 634. The lowest BCUT2D eigenvalue weighted by molar-refractivity contribution is 0.0673. The average molecular weight is 278 g/mol. The first-order valence-corrected chi connectivity index (χ1v) is 5.78. The van der Waals surface area contributed by atoms with Crippen LogP contribution in [0.25, 0.3) is 0 Å². The Balaban J connectivity index is 2.23. The molecule has 0 aliphatic rings. The van der Waals surface area contributed by atoms with Crippen LogP contribution in [0.5, 0.6) is 5.75 Å². The summed E-state index contributed by atoms with van der Waals surface area (Å²) < 4.78 is 31.3. The molecule has 2 aromatic rings. The molecule has 1 heterocycles. The Morgan fingerprint density at radius 1 is 1.50 bits per heavy atom. The summed E-state index contributed by atoms with van der Waals surface area (Å²) in [5.41, 5.74) is 0.834. The van der Waals surface area contributed by atoms with Crippen molar-refractivity contribution in [1.29, 1.82) is 5.26 Å². The zero-order valence-corrected chi connectivity index (χ0v) is 10.7. The summed E-state index contributed by atoms with van der Waals surface area (Å²) in [5.74, 6) is 0.647. The first kappa shape index (κ1) is 13.8. The van der Waals surface area contributed by atoms with Crippen molar-refractivity contribution in [3.05, 3.63) is 42.0 Å². The predicted octanol–water partition coefficient (Wildman–Crippen LogP) is 2.77. The molecule has 104 valence electrons. The molecule has 0 radical (unpaired) electrons. The summed E-state index contributed by atoms with van der Waals surface area (Å²) in [6.45, 7) is -2.59. The van der Waals surface area contributed by atoms with Crippen molar-refractivity contribution in [1.82, 2.24) is 9.55 Å². The molecule has 0 unspecified atom stereocenters. The number of imidazole rings is 1. The third-order valence-corrected chi connectivity index (χ3v) is 2.75. The van der Waals surface area contributed by atoms with Gasteiger partial charge in [-0.05, 0) is 12.1 Å². The molecule has 0 fully saturated rings. The number of nitriles is 1. The largest absolute Gasteiger partial charge is 0.495 e. The lowest BCUT2D eigenvalue weighted by atomic mass is 10.2. The summed E-state index contributed by atoms with van der Waals surface area (Å²) in [6.07, 6.45) is 2.51. The fourth-order valence-electron chi connectivity index (χ4n) is 1.80. The minimum absolute atomic E-state index is 0.0619. The van der Waals surface area contributed by atoms with Crippen molar-refractivity contribution < 1.29 is 13.5 Å². The van der Waals surface area contributed by atoms with E-state index < -0.39 is 6.55 Å². The van der Waals surface area contributed by atoms with Gasteiger partial charge in [0.25, 0.3) is 0 Å². The number of anilines is 1. The molecule has 0 aliphatic carbocycles. The van der Waals surface area contributed by atoms with Crippen LogP contribution in [-0.2, 0) is 6.54 Å². The normalized spacial score (nSPS) is 10.3. The molecule has 0 bridgehead atoms. The lowest BCUT2D eigenvalue weighted by Crippen LogP contribution is -2.10. The molecule has 0 saturated heterocycles. The summed E-state index contributed by atoms with van der Waals surface area (Å²) in [6, 6.07) is 7.00. The van der Waals surface area contributed by atoms with Crippen LogP contribution in [0, 0.1) is 11.3 Å². The Hall–Kier alpha value is -2.62. The van der Waals surface area contributed by atoms with E-state index in [9.17, 15) is 8.78 Å². The zero-order chi connectivity index (χ0) is 14.5. The van der Waals surface area contributed by atoms with Gasteiger partial charge in [-0.3, -0.25) is 4.57 Å². The maximum Gasteiger partial charge on any atom is 0.319 e. The molecule has 0 aliphatic heterocycles. The van der Waals surface area contributed by atoms with E-state index in [1.54, 1.807) is 18.2 Å². The van der Waals surface area contributed by atoms with Gasteiger partial charge in [-0.15, -0.1) is 0 Å². The summed E-state index contributed by atoms with van der Waals surface area (Å²) in [4.78, 5) is 3.86. The van der Waals surface area contributed by atoms with Crippen LogP contribution in [-0.4, -0.2) is 16.7 Å². The molecule has 1 N–H and O–H groups in total.